The molecule has 1 heterocycles. The molecule has 0 bridgehead atoms. The summed E-state index contributed by atoms with van der Waals surface area (Å²) in [6.07, 6.45) is 0. The third-order valence-corrected chi connectivity index (χ3v) is 5.38. The Morgan fingerprint density at radius 1 is 1.11 bits per heavy atom. The largest absolute Gasteiger partial charge is 0.462 e. The first kappa shape index (κ1) is 18.5. The number of nitrogens with zero attached hydrogens (tertiary/aromatic N) is 1. The van der Waals surface area contributed by atoms with Gasteiger partial charge in [-0.2, -0.15) is 0 Å². The van der Waals surface area contributed by atoms with Crippen LogP contribution in [0.4, 0.5) is 0 Å². The minimum absolute atomic E-state index is 0.265. The number of halogens is 1. The lowest BCUT2D eigenvalue weighted by Crippen LogP contribution is -2.12. The highest BCUT2D eigenvalue weighted by molar-refractivity contribution is 6.31. The quantitative estimate of drug-likeness (QED) is 0.480. The van der Waals surface area contributed by atoms with Crippen LogP contribution in [0.2, 0.25) is 5.02 Å². The van der Waals surface area contributed by atoms with Gasteiger partial charge >= 0.3 is 5.97 Å². The van der Waals surface area contributed by atoms with E-state index in [9.17, 15) is 4.79 Å². The molecule has 0 unspecified atom stereocenters. The minimum Gasteiger partial charge on any atom is -0.462 e. The molecule has 0 saturated heterocycles. The zero-order chi connectivity index (χ0) is 19.8. The van der Waals surface area contributed by atoms with E-state index in [-0.39, 0.29) is 12.5 Å². The second-order valence-corrected chi connectivity index (χ2v) is 7.14. The molecule has 0 atom stereocenters. The van der Waals surface area contributed by atoms with Gasteiger partial charge in [0, 0.05) is 35.2 Å². The molecule has 0 amide bonds. The number of nitrogens with two attached hydrogens (primary N) is 1. The Kier molecular flexibility index (Phi) is 4.84. The lowest BCUT2D eigenvalue weighted by molar-refractivity contribution is 0.0527. The molecule has 4 nitrogen and oxygen atoms in total. The van der Waals surface area contributed by atoms with Crippen LogP contribution in [0.5, 0.6) is 0 Å². The molecule has 3 aromatic carbocycles. The van der Waals surface area contributed by atoms with Crippen LogP contribution < -0.4 is 5.73 Å². The highest BCUT2D eigenvalue weighted by atomic mass is 35.5. The van der Waals surface area contributed by atoms with Gasteiger partial charge < -0.3 is 15.0 Å². The fraction of sp³-hybridized carbons (Fsp3) is 0.174. The third-order valence-electron chi connectivity index (χ3n) is 5.15. The number of ether oxygens (including phenoxy) is 1. The predicted octanol–water partition coefficient (Wildman–Crippen LogP) is 5.29. The summed E-state index contributed by atoms with van der Waals surface area (Å²) in [6.45, 7) is 2.40. The maximum absolute atomic E-state index is 12.5. The van der Waals surface area contributed by atoms with E-state index >= 15 is 0 Å². The first-order chi connectivity index (χ1) is 13.5. The molecule has 28 heavy (non-hydrogen) atoms. The molecule has 4 aromatic rings. The van der Waals surface area contributed by atoms with Gasteiger partial charge in [-0.1, -0.05) is 48.0 Å². The SMILES string of the molecule is CCOC(=O)c1c(CN)n(C)c2cc(-c3cccc4cc(Cl)ccc34)ccc12. The van der Waals surface area contributed by atoms with Crippen molar-refractivity contribution in [3.05, 3.63) is 70.9 Å². The molecule has 0 aliphatic heterocycles. The van der Waals surface area contributed by atoms with Crippen LogP contribution in [0.1, 0.15) is 23.0 Å². The molecule has 4 rings (SSSR count). The zero-order valence-electron chi connectivity index (χ0n) is 15.8. The van der Waals surface area contributed by atoms with E-state index in [0.29, 0.717) is 17.2 Å². The third kappa shape index (κ3) is 2.95. The molecule has 0 spiro atoms. The normalized spacial score (nSPS) is 11.3. The molecule has 0 radical (unpaired) electrons. The van der Waals surface area contributed by atoms with E-state index in [2.05, 4.69) is 18.2 Å². The number of aromatic nitrogens is 1. The number of hydrogen-bond acceptors (Lipinski definition) is 3. The maximum atomic E-state index is 12.5. The predicted molar refractivity (Wildman–Crippen MR) is 115 cm³/mol. The Hall–Kier alpha value is -2.82. The Bertz CT molecular complexity index is 1210. The highest BCUT2D eigenvalue weighted by Gasteiger charge is 2.21. The van der Waals surface area contributed by atoms with Gasteiger partial charge in [0.1, 0.15) is 0 Å². The van der Waals surface area contributed by atoms with Crippen molar-refractivity contribution in [2.45, 2.75) is 13.5 Å². The van der Waals surface area contributed by atoms with Gasteiger partial charge in [-0.25, -0.2) is 4.79 Å². The number of carbonyl (C=O) groups excluding carboxylic acids is 1. The number of aryl methyl sites for hydroxylation is 1. The summed E-state index contributed by atoms with van der Waals surface area (Å²) in [5, 5.41) is 3.79. The van der Waals surface area contributed by atoms with Crippen molar-refractivity contribution in [2.75, 3.05) is 6.61 Å². The zero-order valence-corrected chi connectivity index (χ0v) is 16.6. The van der Waals surface area contributed by atoms with Crippen LogP contribution >= 0.6 is 11.6 Å². The first-order valence-electron chi connectivity index (χ1n) is 9.22. The van der Waals surface area contributed by atoms with Crippen LogP contribution in [-0.4, -0.2) is 17.1 Å². The molecule has 142 valence electrons. The molecule has 5 heteroatoms. The Morgan fingerprint density at radius 2 is 1.89 bits per heavy atom. The highest BCUT2D eigenvalue weighted by Crippen LogP contribution is 2.34. The number of fused-ring (bicyclic) bond motifs is 2. The number of hydrogen-bond donors (Lipinski definition) is 1. The Balaban J connectivity index is 1.95. The summed E-state index contributed by atoms with van der Waals surface area (Å²) < 4.78 is 7.23. The number of carbonyl (C=O) groups is 1. The van der Waals surface area contributed by atoms with Crippen LogP contribution in [0, 0.1) is 0 Å². The van der Waals surface area contributed by atoms with Crippen molar-refractivity contribution >= 4 is 39.2 Å². The van der Waals surface area contributed by atoms with Gasteiger partial charge in [0.25, 0.3) is 0 Å². The average molecular weight is 393 g/mol. The van der Waals surface area contributed by atoms with Crippen LogP contribution in [0.25, 0.3) is 32.8 Å². The summed E-state index contributed by atoms with van der Waals surface area (Å²) in [7, 11) is 1.93. The molecular weight excluding hydrogens is 372 g/mol. The van der Waals surface area contributed by atoms with E-state index in [0.717, 1.165) is 38.5 Å². The topological polar surface area (TPSA) is 57.2 Å². The van der Waals surface area contributed by atoms with Crippen molar-refractivity contribution in [1.82, 2.24) is 4.57 Å². The van der Waals surface area contributed by atoms with Gasteiger partial charge in [0.2, 0.25) is 0 Å². The fourth-order valence-corrected chi connectivity index (χ4v) is 4.01. The van der Waals surface area contributed by atoms with Crippen molar-refractivity contribution in [3.63, 3.8) is 0 Å². The standard InChI is InChI=1S/C23H21ClN2O2/c1-3-28-23(27)22-19-9-7-15(12-20(19)26(2)21(22)13-25)17-6-4-5-14-11-16(24)8-10-18(14)17/h4-12H,3,13,25H2,1-2H3. The summed E-state index contributed by atoms with van der Waals surface area (Å²) >= 11 is 6.15. The van der Waals surface area contributed by atoms with E-state index < -0.39 is 0 Å². The average Bonchev–Trinajstić information content (AvgIpc) is 2.98. The molecular formula is C23H21ClN2O2. The molecule has 0 aliphatic rings. The van der Waals surface area contributed by atoms with Crippen molar-refractivity contribution in [3.8, 4) is 11.1 Å². The minimum atomic E-state index is -0.332. The van der Waals surface area contributed by atoms with E-state index in [1.807, 2.05) is 48.0 Å². The van der Waals surface area contributed by atoms with E-state index in [1.165, 1.54) is 0 Å². The van der Waals surface area contributed by atoms with Gasteiger partial charge in [-0.3, -0.25) is 0 Å². The number of rotatable bonds is 4. The lowest BCUT2D eigenvalue weighted by atomic mass is 9.97. The fourth-order valence-electron chi connectivity index (χ4n) is 3.83. The lowest BCUT2D eigenvalue weighted by Gasteiger charge is -2.09. The summed E-state index contributed by atoms with van der Waals surface area (Å²) in [6, 6.07) is 18.2. The number of benzene rings is 3. The van der Waals surface area contributed by atoms with Gasteiger partial charge in [0.05, 0.1) is 12.2 Å². The molecule has 0 saturated carbocycles. The van der Waals surface area contributed by atoms with Crippen LogP contribution in [0.15, 0.2) is 54.6 Å². The van der Waals surface area contributed by atoms with Gasteiger partial charge in [0.15, 0.2) is 0 Å². The second-order valence-electron chi connectivity index (χ2n) is 6.71. The number of esters is 1. The summed E-state index contributed by atoms with van der Waals surface area (Å²) in [5.41, 5.74) is 10.4. The Morgan fingerprint density at radius 3 is 2.64 bits per heavy atom. The van der Waals surface area contributed by atoms with Crippen LogP contribution in [-0.2, 0) is 18.3 Å². The van der Waals surface area contributed by atoms with Crippen molar-refractivity contribution < 1.29 is 9.53 Å². The smallest absolute Gasteiger partial charge is 0.340 e. The first-order valence-corrected chi connectivity index (χ1v) is 9.60. The van der Waals surface area contributed by atoms with Crippen molar-refractivity contribution in [1.29, 1.82) is 0 Å². The Labute approximate surface area is 168 Å². The molecule has 2 N–H and O–H groups in total. The summed E-state index contributed by atoms with van der Waals surface area (Å²) in [4.78, 5) is 12.5. The summed E-state index contributed by atoms with van der Waals surface area (Å²) in [5.74, 6) is -0.332. The van der Waals surface area contributed by atoms with Crippen LogP contribution in [0.3, 0.4) is 0 Å². The van der Waals surface area contributed by atoms with Gasteiger partial charge in [-0.05, 0) is 47.0 Å². The van der Waals surface area contributed by atoms with Gasteiger partial charge in [-0.15, -0.1) is 0 Å². The second kappa shape index (κ2) is 7.30. The maximum Gasteiger partial charge on any atom is 0.340 e. The molecule has 0 aliphatic carbocycles. The molecule has 0 fully saturated rings. The van der Waals surface area contributed by atoms with E-state index in [1.54, 1.807) is 6.92 Å². The monoisotopic (exact) mass is 392 g/mol. The van der Waals surface area contributed by atoms with Crippen molar-refractivity contribution in [2.24, 2.45) is 12.8 Å². The van der Waals surface area contributed by atoms with E-state index in [4.69, 9.17) is 22.1 Å². The molecule has 1 aromatic heterocycles.